The predicted molar refractivity (Wildman–Crippen MR) is 263 cm³/mol. The fourth-order valence-corrected chi connectivity index (χ4v) is 10.5. The van der Waals surface area contributed by atoms with Crippen molar-refractivity contribution in [2.75, 3.05) is 0 Å². The largest absolute Gasteiger partial charge is 0.512 e. The van der Waals surface area contributed by atoms with E-state index < -0.39 is 8.07 Å². The van der Waals surface area contributed by atoms with Gasteiger partial charge in [0.25, 0.3) is 0 Å². The number of pyridine rings is 2. The average Bonchev–Trinajstić information content (AvgIpc) is 3.24. The molecule has 0 aliphatic rings. The van der Waals surface area contributed by atoms with Crippen molar-refractivity contribution in [3.8, 4) is 22.5 Å². The zero-order chi connectivity index (χ0) is 44.3. The fraction of sp³-hybridized carbons (Fsp3) is 0.304. The van der Waals surface area contributed by atoms with Crippen LogP contribution >= 0.6 is 0 Å². The van der Waals surface area contributed by atoms with E-state index in [-0.39, 0.29) is 43.5 Å². The number of allylic oxidation sites excluding steroid dienone is 2. The number of aliphatic hydroxyl groups excluding tert-OH is 1. The molecule has 4 nitrogen and oxygen atoms in total. The third kappa shape index (κ3) is 12.6. The summed E-state index contributed by atoms with van der Waals surface area (Å²) in [4.78, 5) is 21.0. The van der Waals surface area contributed by atoms with E-state index in [2.05, 4.69) is 173 Å². The van der Waals surface area contributed by atoms with E-state index in [4.69, 9.17) is 0 Å². The van der Waals surface area contributed by atoms with Gasteiger partial charge < -0.3 is 15.1 Å². The van der Waals surface area contributed by atoms with Crippen LogP contribution in [0, 0.1) is 58.6 Å². The molecule has 325 valence electrons. The minimum absolute atomic E-state index is 0. The Labute approximate surface area is 386 Å². The van der Waals surface area contributed by atoms with Crippen molar-refractivity contribution in [1.29, 1.82) is 0 Å². The Bertz CT molecular complexity index is 2570. The van der Waals surface area contributed by atoms with Gasteiger partial charge in [-0.25, -0.2) is 0 Å². The maximum Gasteiger partial charge on any atom is 0.162 e. The Balaban J connectivity index is 0.000000214. The summed E-state index contributed by atoms with van der Waals surface area (Å²) < 4.78 is 0. The second kappa shape index (κ2) is 22.9. The zero-order valence-electron chi connectivity index (χ0n) is 38.6. The Morgan fingerprint density at radius 3 is 1.56 bits per heavy atom. The van der Waals surface area contributed by atoms with Gasteiger partial charge in [-0.1, -0.05) is 151 Å². The van der Waals surface area contributed by atoms with Crippen molar-refractivity contribution >= 4 is 45.8 Å². The molecule has 1 N–H and O–H groups in total. The number of carbonyl (C=O) groups excluding carboxylic acids is 1. The number of fused-ring (bicyclic) bond motifs is 2. The van der Waals surface area contributed by atoms with Crippen LogP contribution in [0.25, 0.3) is 44.1 Å². The van der Waals surface area contributed by atoms with Gasteiger partial charge in [0.1, 0.15) is 8.07 Å². The molecular weight excluding hydrogens is 953 g/mol. The third-order valence-electron chi connectivity index (χ3n) is 11.8. The minimum atomic E-state index is -1.72. The standard InChI is InChI=1S/C25H24NSi.C18H16N.C13H24O2.Ir/c1-18-14-19(2)16-21(15-18)25-24-11-10-23(17-20(24)12-13-26-25)27(3,4)22-8-6-5-7-9-22;1-12-4-5-17-15(9-12)6-7-19-18(17)16-10-13(2)8-14(3)11-16;1-5-10(6-2)12(14)9-13(15)11(7-3)8-4;/h5-15,17H,1-4H3;4-10H,1-3H3;9-11,14H,5-8H2,1-4H3;/q2*-1;;/b;;12-9-;. The molecule has 7 aromatic rings. The summed E-state index contributed by atoms with van der Waals surface area (Å²) in [5.74, 6) is 0.547. The summed E-state index contributed by atoms with van der Waals surface area (Å²) in [5.41, 5.74) is 10.3. The Morgan fingerprint density at radius 2 is 1.08 bits per heavy atom. The third-order valence-corrected chi connectivity index (χ3v) is 15.3. The number of ketones is 1. The first-order valence-electron chi connectivity index (χ1n) is 21.9. The molecule has 0 saturated carbocycles. The van der Waals surface area contributed by atoms with Gasteiger partial charge in [-0.05, 0) is 77.7 Å². The van der Waals surface area contributed by atoms with E-state index >= 15 is 0 Å². The smallest absolute Gasteiger partial charge is 0.162 e. The van der Waals surface area contributed by atoms with Gasteiger partial charge in [-0.2, -0.15) is 0 Å². The van der Waals surface area contributed by atoms with Crippen molar-refractivity contribution in [3.63, 3.8) is 0 Å². The molecule has 62 heavy (non-hydrogen) atoms. The van der Waals surface area contributed by atoms with Gasteiger partial charge in [0, 0.05) is 50.4 Å². The van der Waals surface area contributed by atoms with Crippen LogP contribution in [0.1, 0.15) is 81.2 Å². The van der Waals surface area contributed by atoms with E-state index in [9.17, 15) is 9.90 Å². The van der Waals surface area contributed by atoms with Gasteiger partial charge >= 0.3 is 0 Å². The first-order valence-corrected chi connectivity index (χ1v) is 24.9. The number of carbonyl (C=O) groups is 1. The molecule has 0 atom stereocenters. The number of hydrogen-bond donors (Lipinski definition) is 1. The van der Waals surface area contributed by atoms with Crippen molar-refractivity contribution in [2.24, 2.45) is 11.8 Å². The summed E-state index contributed by atoms with van der Waals surface area (Å²) in [7, 11) is -1.72. The van der Waals surface area contributed by atoms with Crippen LogP contribution in [-0.4, -0.2) is 28.9 Å². The number of nitrogens with zero attached hydrogens (tertiary/aromatic N) is 2. The molecule has 7 rings (SSSR count). The maximum absolute atomic E-state index is 11.7. The van der Waals surface area contributed by atoms with Crippen LogP contribution in [0.2, 0.25) is 13.1 Å². The zero-order valence-corrected chi connectivity index (χ0v) is 42.0. The van der Waals surface area contributed by atoms with Crippen LogP contribution in [0.15, 0.2) is 127 Å². The summed E-state index contributed by atoms with van der Waals surface area (Å²) in [6, 6.07) is 44.0. The number of aromatic nitrogens is 2. The van der Waals surface area contributed by atoms with E-state index in [0.29, 0.717) is 0 Å². The van der Waals surface area contributed by atoms with Crippen LogP contribution in [0.3, 0.4) is 0 Å². The quantitative estimate of drug-likeness (QED) is 0.0607. The van der Waals surface area contributed by atoms with Gasteiger partial charge in [0.2, 0.25) is 0 Å². The van der Waals surface area contributed by atoms with E-state index in [0.717, 1.165) is 59.3 Å². The van der Waals surface area contributed by atoms with Gasteiger partial charge in [-0.3, -0.25) is 4.79 Å². The first-order chi connectivity index (χ1) is 29.2. The van der Waals surface area contributed by atoms with Gasteiger partial charge in [0.15, 0.2) is 5.78 Å². The summed E-state index contributed by atoms with van der Waals surface area (Å²) >= 11 is 0. The average molecular weight is 1020 g/mol. The van der Waals surface area contributed by atoms with E-state index in [1.54, 1.807) is 0 Å². The molecule has 5 aromatic carbocycles. The topological polar surface area (TPSA) is 63.1 Å². The van der Waals surface area contributed by atoms with Crippen LogP contribution in [0.4, 0.5) is 0 Å². The molecule has 0 spiro atoms. The molecule has 6 heteroatoms. The summed E-state index contributed by atoms with van der Waals surface area (Å²) in [6.07, 6.45) is 8.70. The normalized spacial score (nSPS) is 11.5. The van der Waals surface area contributed by atoms with Crippen molar-refractivity contribution in [2.45, 2.75) is 101 Å². The minimum Gasteiger partial charge on any atom is -0.512 e. The van der Waals surface area contributed by atoms with Crippen LogP contribution in [0.5, 0.6) is 0 Å². The van der Waals surface area contributed by atoms with Crippen molar-refractivity contribution < 1.29 is 30.0 Å². The first kappa shape index (κ1) is 49.6. The van der Waals surface area contributed by atoms with E-state index in [1.807, 2.05) is 40.1 Å². The summed E-state index contributed by atoms with van der Waals surface area (Å²) in [6.45, 7) is 23.4. The molecule has 0 saturated heterocycles. The number of aliphatic hydroxyl groups is 1. The van der Waals surface area contributed by atoms with Crippen LogP contribution < -0.4 is 10.4 Å². The Kier molecular flexibility index (Phi) is 18.3. The van der Waals surface area contributed by atoms with Gasteiger partial charge in [-0.15, -0.1) is 69.8 Å². The van der Waals surface area contributed by atoms with Gasteiger partial charge in [0.05, 0.1) is 5.76 Å². The molecule has 0 amide bonds. The fourth-order valence-electron chi connectivity index (χ4n) is 8.14. The molecule has 2 heterocycles. The Morgan fingerprint density at radius 1 is 0.597 bits per heavy atom. The van der Waals surface area contributed by atoms with Crippen LogP contribution in [-0.2, 0) is 24.9 Å². The predicted octanol–water partition coefficient (Wildman–Crippen LogP) is 13.6. The van der Waals surface area contributed by atoms with Crippen molar-refractivity contribution in [3.05, 3.63) is 167 Å². The maximum atomic E-state index is 11.7. The monoisotopic (exact) mass is 1020 g/mol. The molecule has 0 aliphatic carbocycles. The molecule has 0 bridgehead atoms. The molecule has 0 unspecified atom stereocenters. The number of hydrogen-bond acceptors (Lipinski definition) is 4. The number of rotatable bonds is 11. The second-order valence-electron chi connectivity index (χ2n) is 17.0. The molecule has 2 aromatic heterocycles. The molecule has 0 aliphatic heterocycles. The summed E-state index contributed by atoms with van der Waals surface area (Å²) in [5, 5.41) is 17.5. The number of aryl methyl sites for hydroxylation is 5. The Hall–Kier alpha value is -5.00. The molecule has 0 fully saturated rings. The van der Waals surface area contributed by atoms with Crippen molar-refractivity contribution in [1.82, 2.24) is 9.97 Å². The molecular formula is C56H64IrN2O2Si-2. The van der Waals surface area contributed by atoms with E-state index in [1.165, 1.54) is 54.7 Å². The number of benzene rings is 5. The molecule has 1 radical (unpaired) electrons. The SMILES string of the molecule is CCC(CC)C(=O)/C=C(\O)C(CC)CC.Cc1[c-]c(-c2nccc3cc(C)ccc23)cc(C)c1.Cc1[c-]c(-c2nccc3cc([Si](C)(C)c4ccccc4)ccc23)cc(C)c1.[Ir]. The second-order valence-corrected chi connectivity index (χ2v) is 21.4.